The quantitative estimate of drug-likeness (QED) is 0.627. The van der Waals surface area contributed by atoms with Crippen LogP contribution in [-0.4, -0.2) is 36.1 Å². The highest BCUT2D eigenvalue weighted by molar-refractivity contribution is 5.61. The molecule has 3 rings (SSSR count). The molecule has 2 aromatic carbocycles. The summed E-state index contributed by atoms with van der Waals surface area (Å²) in [6.45, 7) is 2.57. The smallest absolute Gasteiger partial charge is 0.295 e. The van der Waals surface area contributed by atoms with Crippen LogP contribution in [0.15, 0.2) is 42.5 Å². The summed E-state index contributed by atoms with van der Waals surface area (Å²) in [7, 11) is 1.67. The van der Waals surface area contributed by atoms with Crippen LogP contribution in [0.3, 0.4) is 0 Å². The Bertz CT molecular complexity index is 776. The van der Waals surface area contributed by atoms with Gasteiger partial charge in [0, 0.05) is 31.2 Å². The van der Waals surface area contributed by atoms with Crippen molar-refractivity contribution in [3.63, 3.8) is 0 Å². The van der Waals surface area contributed by atoms with Crippen molar-refractivity contribution >= 4 is 11.4 Å². The Morgan fingerprint density at radius 3 is 2.69 bits per heavy atom. The van der Waals surface area contributed by atoms with E-state index in [1.165, 1.54) is 12.1 Å². The molecular formula is C19H22FN3O3. The number of halogens is 1. The number of rotatable bonds is 6. The lowest BCUT2D eigenvalue weighted by Gasteiger charge is -2.33. The number of likely N-dealkylation sites (tertiary alicyclic amines) is 1. The Morgan fingerprint density at radius 2 is 2.00 bits per heavy atom. The van der Waals surface area contributed by atoms with E-state index in [4.69, 9.17) is 4.74 Å². The van der Waals surface area contributed by atoms with Crippen LogP contribution in [0, 0.1) is 15.9 Å². The van der Waals surface area contributed by atoms with Crippen LogP contribution in [0.5, 0.6) is 5.75 Å². The highest BCUT2D eigenvalue weighted by atomic mass is 19.1. The average Bonchev–Trinajstić information content (AvgIpc) is 2.65. The Morgan fingerprint density at radius 1 is 1.27 bits per heavy atom. The molecule has 0 spiro atoms. The number of piperidine rings is 1. The zero-order valence-electron chi connectivity index (χ0n) is 14.7. The predicted molar refractivity (Wildman–Crippen MR) is 98.0 cm³/mol. The first-order valence-corrected chi connectivity index (χ1v) is 8.61. The number of anilines is 1. The predicted octanol–water partition coefficient (Wildman–Crippen LogP) is 3.82. The molecule has 138 valence electrons. The van der Waals surface area contributed by atoms with Crippen molar-refractivity contribution in [2.75, 3.05) is 25.5 Å². The molecule has 1 saturated heterocycles. The molecule has 1 heterocycles. The number of nitrogens with zero attached hydrogens (tertiary/aromatic N) is 2. The van der Waals surface area contributed by atoms with Crippen molar-refractivity contribution in [1.29, 1.82) is 0 Å². The first-order chi connectivity index (χ1) is 12.6. The number of methoxy groups -OCH3 is 1. The third-order valence-electron chi connectivity index (χ3n) is 4.69. The van der Waals surface area contributed by atoms with E-state index < -0.39 is 10.7 Å². The second-order valence-electron chi connectivity index (χ2n) is 6.43. The van der Waals surface area contributed by atoms with Crippen LogP contribution in [0.4, 0.5) is 15.8 Å². The summed E-state index contributed by atoms with van der Waals surface area (Å²) in [6.07, 6.45) is 1.73. The number of benzene rings is 2. The number of hydrogen-bond acceptors (Lipinski definition) is 5. The summed E-state index contributed by atoms with van der Waals surface area (Å²) in [4.78, 5) is 12.9. The molecule has 26 heavy (non-hydrogen) atoms. The highest BCUT2D eigenvalue weighted by Gasteiger charge is 2.23. The minimum atomic E-state index is -0.603. The minimum absolute atomic E-state index is 0.132. The van der Waals surface area contributed by atoms with E-state index in [2.05, 4.69) is 16.3 Å². The molecule has 0 bridgehead atoms. The molecule has 0 saturated carbocycles. The number of para-hydroxylation sites is 1. The molecule has 0 aromatic heterocycles. The van der Waals surface area contributed by atoms with E-state index in [0.717, 1.165) is 49.9 Å². The molecule has 0 radical (unpaired) electrons. The Hall–Kier alpha value is -2.67. The molecule has 2 aromatic rings. The fraction of sp³-hybridized carbons (Fsp3) is 0.368. The van der Waals surface area contributed by atoms with E-state index in [-0.39, 0.29) is 11.7 Å². The third kappa shape index (κ3) is 4.29. The van der Waals surface area contributed by atoms with Crippen molar-refractivity contribution in [2.45, 2.75) is 25.4 Å². The van der Waals surface area contributed by atoms with Gasteiger partial charge in [-0.25, -0.2) is 4.39 Å². The lowest BCUT2D eigenvalue weighted by atomic mass is 10.0. The zero-order chi connectivity index (χ0) is 18.5. The summed E-state index contributed by atoms with van der Waals surface area (Å²) >= 11 is 0. The zero-order valence-corrected chi connectivity index (χ0v) is 14.7. The van der Waals surface area contributed by atoms with Gasteiger partial charge in [0.05, 0.1) is 18.1 Å². The second kappa shape index (κ2) is 8.14. The van der Waals surface area contributed by atoms with Crippen LogP contribution in [-0.2, 0) is 6.54 Å². The molecule has 7 heteroatoms. The number of hydrogen-bond donors (Lipinski definition) is 1. The molecule has 0 aliphatic carbocycles. The maximum atomic E-state index is 13.3. The van der Waals surface area contributed by atoms with E-state index in [0.29, 0.717) is 5.69 Å². The SMILES string of the molecule is COc1ccccc1CN1CCC(Nc2ccc(F)cc2[N+](=O)[O-])CC1. The molecule has 1 N–H and O–H groups in total. The maximum absolute atomic E-state index is 13.3. The van der Waals surface area contributed by atoms with E-state index in [1.807, 2.05) is 18.2 Å². The van der Waals surface area contributed by atoms with Crippen LogP contribution < -0.4 is 10.1 Å². The first-order valence-electron chi connectivity index (χ1n) is 8.61. The monoisotopic (exact) mass is 359 g/mol. The summed E-state index contributed by atoms with van der Waals surface area (Å²) in [6, 6.07) is 11.7. The van der Waals surface area contributed by atoms with Crippen LogP contribution >= 0.6 is 0 Å². The Kier molecular flexibility index (Phi) is 5.68. The van der Waals surface area contributed by atoms with Gasteiger partial charge in [0.2, 0.25) is 0 Å². The highest BCUT2D eigenvalue weighted by Crippen LogP contribution is 2.28. The lowest BCUT2D eigenvalue weighted by Crippen LogP contribution is -2.38. The van der Waals surface area contributed by atoms with Gasteiger partial charge in [0.1, 0.15) is 17.3 Å². The molecule has 0 atom stereocenters. The van der Waals surface area contributed by atoms with Crippen molar-refractivity contribution in [3.8, 4) is 5.75 Å². The number of nitro groups is 1. The molecule has 6 nitrogen and oxygen atoms in total. The fourth-order valence-electron chi connectivity index (χ4n) is 3.31. The van der Waals surface area contributed by atoms with E-state index in [1.54, 1.807) is 7.11 Å². The second-order valence-corrected chi connectivity index (χ2v) is 6.43. The molecule has 1 aliphatic rings. The van der Waals surface area contributed by atoms with Gasteiger partial charge in [0.25, 0.3) is 5.69 Å². The van der Waals surface area contributed by atoms with E-state index >= 15 is 0 Å². The normalized spacial score (nSPS) is 15.6. The van der Waals surface area contributed by atoms with Crippen molar-refractivity contribution < 1.29 is 14.1 Å². The van der Waals surface area contributed by atoms with Gasteiger partial charge in [0.15, 0.2) is 0 Å². The van der Waals surface area contributed by atoms with Gasteiger partial charge in [-0.2, -0.15) is 0 Å². The van der Waals surface area contributed by atoms with Gasteiger partial charge >= 0.3 is 0 Å². The largest absolute Gasteiger partial charge is 0.496 e. The van der Waals surface area contributed by atoms with Crippen molar-refractivity contribution in [2.24, 2.45) is 0 Å². The topological polar surface area (TPSA) is 67.6 Å². The molecule has 0 amide bonds. The Labute approximate surface area is 151 Å². The average molecular weight is 359 g/mol. The van der Waals surface area contributed by atoms with Crippen LogP contribution in [0.2, 0.25) is 0 Å². The molecule has 0 unspecified atom stereocenters. The van der Waals surface area contributed by atoms with Crippen LogP contribution in [0.25, 0.3) is 0 Å². The third-order valence-corrected chi connectivity index (χ3v) is 4.69. The van der Waals surface area contributed by atoms with Crippen LogP contribution in [0.1, 0.15) is 18.4 Å². The standard InChI is InChI=1S/C19H22FN3O3/c1-26-19-5-3-2-4-14(19)13-22-10-8-16(9-11-22)21-17-7-6-15(20)12-18(17)23(24)25/h2-7,12,16,21H,8-11,13H2,1H3. The van der Waals surface area contributed by atoms with E-state index in [9.17, 15) is 14.5 Å². The van der Waals surface area contributed by atoms with Gasteiger partial charge in [-0.3, -0.25) is 15.0 Å². The lowest BCUT2D eigenvalue weighted by molar-refractivity contribution is -0.384. The summed E-state index contributed by atoms with van der Waals surface area (Å²) in [5.74, 6) is 0.281. The molecule has 1 fully saturated rings. The number of nitro benzene ring substituents is 1. The van der Waals surface area contributed by atoms with Gasteiger partial charge in [-0.1, -0.05) is 18.2 Å². The van der Waals surface area contributed by atoms with Gasteiger partial charge in [-0.15, -0.1) is 0 Å². The Balaban J connectivity index is 1.58. The molecular weight excluding hydrogens is 337 g/mol. The summed E-state index contributed by atoms with van der Waals surface area (Å²) < 4.78 is 18.7. The fourth-order valence-corrected chi connectivity index (χ4v) is 3.31. The maximum Gasteiger partial charge on any atom is 0.295 e. The van der Waals surface area contributed by atoms with Crippen molar-refractivity contribution in [3.05, 3.63) is 64.0 Å². The minimum Gasteiger partial charge on any atom is -0.496 e. The summed E-state index contributed by atoms with van der Waals surface area (Å²) in [5.41, 5.74) is 1.30. The number of nitrogens with one attached hydrogen (secondary N) is 1. The first kappa shape index (κ1) is 18.1. The van der Waals surface area contributed by atoms with Gasteiger partial charge < -0.3 is 10.1 Å². The number of ether oxygens (including phenoxy) is 1. The van der Waals surface area contributed by atoms with Gasteiger partial charge in [-0.05, 0) is 31.0 Å². The van der Waals surface area contributed by atoms with Crippen molar-refractivity contribution in [1.82, 2.24) is 4.90 Å². The summed E-state index contributed by atoms with van der Waals surface area (Å²) in [5, 5.41) is 14.3. The molecule has 1 aliphatic heterocycles.